The second-order valence-electron chi connectivity index (χ2n) is 5.62. The molecule has 0 unspecified atom stereocenters. The minimum absolute atomic E-state index is 0.0823. The van der Waals surface area contributed by atoms with Crippen LogP contribution in [0.15, 0.2) is 60.7 Å². The van der Waals surface area contributed by atoms with E-state index in [1.165, 1.54) is 11.1 Å². The third-order valence-corrected chi connectivity index (χ3v) is 5.87. The normalized spacial score (nSPS) is 25.3. The molecule has 4 nitrogen and oxygen atoms in total. The maximum absolute atomic E-state index is 12.7. The van der Waals surface area contributed by atoms with Crippen LogP contribution in [0.3, 0.4) is 0 Å². The standard InChI is InChI=1S/C18H22NO3P/c1-2-21-23(20)15-19(13-16-9-5-3-6-10-16)18(14-22-23)17-11-7-4-8-12-17/h3-12,18H,2,13-15H2,1H3/t18-,23+/m1/s1. The molecule has 0 radical (unpaired) electrons. The number of benzene rings is 2. The van der Waals surface area contributed by atoms with Gasteiger partial charge in [0.1, 0.15) is 6.29 Å². The van der Waals surface area contributed by atoms with Gasteiger partial charge in [-0.2, -0.15) is 0 Å². The van der Waals surface area contributed by atoms with Crippen molar-refractivity contribution in [2.45, 2.75) is 19.5 Å². The van der Waals surface area contributed by atoms with Crippen LogP contribution in [0, 0.1) is 0 Å². The highest BCUT2D eigenvalue weighted by atomic mass is 31.2. The molecule has 1 saturated heterocycles. The maximum Gasteiger partial charge on any atom is 0.344 e. The van der Waals surface area contributed by atoms with Crippen LogP contribution in [0.5, 0.6) is 0 Å². The van der Waals surface area contributed by atoms with Crippen LogP contribution >= 0.6 is 7.60 Å². The lowest BCUT2D eigenvalue weighted by Crippen LogP contribution is -2.37. The Morgan fingerprint density at radius 1 is 1.13 bits per heavy atom. The topological polar surface area (TPSA) is 38.8 Å². The summed E-state index contributed by atoms with van der Waals surface area (Å²) in [4.78, 5) is 2.20. The van der Waals surface area contributed by atoms with Gasteiger partial charge in [0.2, 0.25) is 0 Å². The van der Waals surface area contributed by atoms with E-state index in [1.54, 1.807) is 0 Å². The van der Waals surface area contributed by atoms with Crippen molar-refractivity contribution in [3.63, 3.8) is 0 Å². The van der Waals surface area contributed by atoms with Crippen LogP contribution < -0.4 is 0 Å². The highest BCUT2D eigenvalue weighted by Gasteiger charge is 2.38. The summed E-state index contributed by atoms with van der Waals surface area (Å²) >= 11 is 0. The van der Waals surface area contributed by atoms with Gasteiger partial charge in [-0.1, -0.05) is 60.7 Å². The molecule has 0 aliphatic carbocycles. The summed E-state index contributed by atoms with van der Waals surface area (Å²) < 4.78 is 23.8. The van der Waals surface area contributed by atoms with Crippen LogP contribution in [0.25, 0.3) is 0 Å². The van der Waals surface area contributed by atoms with Crippen LogP contribution in [0.1, 0.15) is 24.1 Å². The van der Waals surface area contributed by atoms with E-state index in [0.29, 0.717) is 19.5 Å². The first-order chi connectivity index (χ1) is 11.2. The van der Waals surface area contributed by atoms with Gasteiger partial charge >= 0.3 is 7.60 Å². The fourth-order valence-corrected chi connectivity index (χ4v) is 4.63. The molecule has 1 fully saturated rings. The quantitative estimate of drug-likeness (QED) is 0.759. The van der Waals surface area contributed by atoms with Gasteiger partial charge in [-0.3, -0.25) is 9.46 Å². The van der Waals surface area contributed by atoms with Crippen molar-refractivity contribution in [3.8, 4) is 0 Å². The van der Waals surface area contributed by atoms with Gasteiger partial charge in [-0.15, -0.1) is 0 Å². The van der Waals surface area contributed by atoms with E-state index in [-0.39, 0.29) is 6.04 Å². The lowest BCUT2D eigenvalue weighted by Gasteiger charge is -2.39. The van der Waals surface area contributed by atoms with E-state index in [4.69, 9.17) is 9.05 Å². The van der Waals surface area contributed by atoms with Crippen LogP contribution in [0.2, 0.25) is 0 Å². The molecule has 23 heavy (non-hydrogen) atoms. The van der Waals surface area contributed by atoms with E-state index in [1.807, 2.05) is 43.3 Å². The van der Waals surface area contributed by atoms with Crippen molar-refractivity contribution in [1.82, 2.24) is 4.90 Å². The van der Waals surface area contributed by atoms with Gasteiger partial charge < -0.3 is 9.05 Å². The van der Waals surface area contributed by atoms with Crippen molar-refractivity contribution in [1.29, 1.82) is 0 Å². The highest BCUT2D eigenvalue weighted by Crippen LogP contribution is 2.54. The van der Waals surface area contributed by atoms with Gasteiger partial charge in [0, 0.05) is 6.54 Å². The average molecular weight is 331 g/mol. The Kier molecular flexibility index (Phi) is 5.29. The number of hydrogen-bond acceptors (Lipinski definition) is 4. The Morgan fingerprint density at radius 2 is 1.78 bits per heavy atom. The van der Waals surface area contributed by atoms with E-state index in [9.17, 15) is 4.57 Å². The molecular formula is C18H22NO3P. The zero-order chi connectivity index (χ0) is 16.1. The SMILES string of the molecule is CCO[P@@]1(=O)CN(Cc2ccccc2)[C@@H](c2ccccc2)CO1. The van der Waals surface area contributed by atoms with E-state index in [0.717, 1.165) is 6.54 Å². The Balaban J connectivity index is 1.85. The van der Waals surface area contributed by atoms with E-state index >= 15 is 0 Å². The lowest BCUT2D eigenvalue weighted by atomic mass is 10.1. The summed E-state index contributed by atoms with van der Waals surface area (Å²) in [7, 11) is -3.04. The molecule has 1 heterocycles. The van der Waals surface area contributed by atoms with E-state index < -0.39 is 7.60 Å². The molecule has 0 bridgehead atoms. The first-order valence-electron chi connectivity index (χ1n) is 7.91. The molecule has 122 valence electrons. The number of rotatable bonds is 5. The van der Waals surface area contributed by atoms with Crippen molar-refractivity contribution < 1.29 is 13.6 Å². The zero-order valence-corrected chi connectivity index (χ0v) is 14.2. The van der Waals surface area contributed by atoms with Crippen molar-refractivity contribution in [2.75, 3.05) is 19.5 Å². The summed E-state index contributed by atoms with van der Waals surface area (Å²) in [6, 6.07) is 20.5. The Hall–Kier alpha value is -1.45. The summed E-state index contributed by atoms with van der Waals surface area (Å²) in [6.45, 7) is 3.34. The summed E-state index contributed by atoms with van der Waals surface area (Å²) in [5.74, 6) is 0. The fourth-order valence-electron chi connectivity index (χ4n) is 2.89. The summed E-state index contributed by atoms with van der Waals surface area (Å²) in [5.41, 5.74) is 2.37. The van der Waals surface area contributed by atoms with Crippen molar-refractivity contribution in [2.24, 2.45) is 0 Å². The highest BCUT2D eigenvalue weighted by molar-refractivity contribution is 7.53. The lowest BCUT2D eigenvalue weighted by molar-refractivity contribution is 0.0796. The molecule has 2 atom stereocenters. The smallest absolute Gasteiger partial charge is 0.308 e. The number of nitrogens with zero attached hydrogens (tertiary/aromatic N) is 1. The number of hydrogen-bond donors (Lipinski definition) is 0. The third-order valence-electron chi connectivity index (χ3n) is 3.96. The Bertz CT molecular complexity index is 662. The molecule has 3 rings (SSSR count). The fraction of sp³-hybridized carbons (Fsp3) is 0.333. The van der Waals surface area contributed by atoms with Gasteiger partial charge in [-0.25, -0.2) is 0 Å². The summed E-state index contributed by atoms with van der Waals surface area (Å²) in [6.07, 6.45) is 0.315. The van der Waals surface area contributed by atoms with Crippen LogP contribution in [0.4, 0.5) is 0 Å². The molecule has 0 spiro atoms. The van der Waals surface area contributed by atoms with Crippen LogP contribution in [-0.4, -0.2) is 24.4 Å². The second kappa shape index (κ2) is 7.41. The monoisotopic (exact) mass is 331 g/mol. The van der Waals surface area contributed by atoms with E-state index in [2.05, 4.69) is 29.2 Å². The third kappa shape index (κ3) is 4.10. The second-order valence-corrected chi connectivity index (χ2v) is 7.65. The minimum atomic E-state index is -3.04. The Labute approximate surface area is 137 Å². The Morgan fingerprint density at radius 3 is 2.43 bits per heavy atom. The molecule has 0 aromatic heterocycles. The van der Waals surface area contributed by atoms with Gasteiger partial charge in [-0.05, 0) is 18.1 Å². The largest absolute Gasteiger partial charge is 0.344 e. The zero-order valence-electron chi connectivity index (χ0n) is 13.3. The first kappa shape index (κ1) is 16.4. The summed E-state index contributed by atoms with van der Waals surface area (Å²) in [5, 5.41) is 0. The molecule has 0 saturated carbocycles. The average Bonchev–Trinajstić information content (AvgIpc) is 2.57. The van der Waals surface area contributed by atoms with Gasteiger partial charge in [0.15, 0.2) is 0 Å². The molecule has 2 aromatic carbocycles. The van der Waals surface area contributed by atoms with Crippen molar-refractivity contribution in [3.05, 3.63) is 71.8 Å². The maximum atomic E-state index is 12.7. The van der Waals surface area contributed by atoms with Crippen LogP contribution in [-0.2, 0) is 20.2 Å². The first-order valence-corrected chi connectivity index (χ1v) is 9.64. The van der Waals surface area contributed by atoms with Gasteiger partial charge in [0.25, 0.3) is 0 Å². The molecular weight excluding hydrogens is 309 g/mol. The molecule has 0 amide bonds. The minimum Gasteiger partial charge on any atom is -0.308 e. The predicted molar refractivity (Wildman–Crippen MR) is 91.2 cm³/mol. The van der Waals surface area contributed by atoms with Crippen molar-refractivity contribution >= 4 is 7.60 Å². The predicted octanol–water partition coefficient (Wildman–Crippen LogP) is 4.45. The molecule has 1 aliphatic rings. The molecule has 0 N–H and O–H groups in total. The molecule has 2 aromatic rings. The molecule has 5 heteroatoms. The van der Waals surface area contributed by atoms with Gasteiger partial charge in [0.05, 0.1) is 19.3 Å². The molecule has 1 aliphatic heterocycles.